The van der Waals surface area contributed by atoms with Gasteiger partial charge in [0.15, 0.2) is 0 Å². The number of aromatic nitrogens is 1. The van der Waals surface area contributed by atoms with Crippen molar-refractivity contribution < 1.29 is 14.3 Å². The summed E-state index contributed by atoms with van der Waals surface area (Å²) in [6.45, 7) is 2.13. The summed E-state index contributed by atoms with van der Waals surface area (Å²) >= 11 is 1.49. The molecule has 0 fully saturated rings. The number of nitrogens with one attached hydrogen (secondary N) is 1. The van der Waals surface area contributed by atoms with Gasteiger partial charge < -0.3 is 14.6 Å². The summed E-state index contributed by atoms with van der Waals surface area (Å²) in [6.07, 6.45) is 0.906. The molecule has 0 aliphatic heterocycles. The normalized spacial score (nSPS) is 10.8. The van der Waals surface area contributed by atoms with Crippen molar-refractivity contribution in [2.24, 2.45) is 0 Å². The van der Waals surface area contributed by atoms with Gasteiger partial charge in [0.05, 0.1) is 7.11 Å². The number of amides is 1. The van der Waals surface area contributed by atoms with Crippen molar-refractivity contribution in [3.8, 4) is 0 Å². The van der Waals surface area contributed by atoms with E-state index in [1.54, 1.807) is 10.6 Å². The minimum atomic E-state index is -0.445. The molecule has 0 bridgehead atoms. The summed E-state index contributed by atoms with van der Waals surface area (Å²) in [5, 5.41) is 5.76. The van der Waals surface area contributed by atoms with Crippen LogP contribution in [-0.4, -0.2) is 23.6 Å². The van der Waals surface area contributed by atoms with E-state index in [2.05, 4.69) is 12.2 Å². The van der Waals surface area contributed by atoms with E-state index in [1.165, 1.54) is 18.4 Å². The van der Waals surface area contributed by atoms with Crippen molar-refractivity contribution in [3.05, 3.63) is 53.0 Å². The third-order valence-corrected chi connectivity index (χ3v) is 4.77. The van der Waals surface area contributed by atoms with Crippen LogP contribution in [0.1, 0.15) is 23.0 Å². The molecule has 0 aliphatic carbocycles. The molecule has 5 nitrogen and oxygen atoms in total. The molecule has 3 aromatic rings. The lowest BCUT2D eigenvalue weighted by atomic mass is 10.1. The summed E-state index contributed by atoms with van der Waals surface area (Å²) in [4.78, 5) is 25.3. The Kier molecular flexibility index (Phi) is 4.66. The van der Waals surface area contributed by atoms with Gasteiger partial charge in [-0.3, -0.25) is 4.79 Å². The predicted octanol–water partition coefficient (Wildman–Crippen LogP) is 3.69. The number of thiophene rings is 1. The number of nitrogens with zero attached hydrogens (tertiary/aromatic N) is 1. The standard InChI is InChI=1S/C18H18N2O3S/c1-3-12-5-4-6-14(9-12)19-16(21)11-20-15(18(22)23-2)10-13-7-8-24-17(13)20/h4-10H,3,11H2,1-2H3,(H,19,21). The molecule has 0 aliphatic rings. The molecule has 0 atom stereocenters. The quantitative estimate of drug-likeness (QED) is 0.719. The second kappa shape index (κ2) is 6.88. The minimum absolute atomic E-state index is 0.0603. The zero-order chi connectivity index (χ0) is 17.1. The van der Waals surface area contributed by atoms with E-state index >= 15 is 0 Å². The average molecular weight is 342 g/mol. The number of carbonyl (C=O) groups excluding carboxylic acids is 2. The van der Waals surface area contributed by atoms with Crippen molar-refractivity contribution in [2.75, 3.05) is 12.4 Å². The maximum atomic E-state index is 12.4. The third kappa shape index (κ3) is 3.19. The number of methoxy groups -OCH3 is 1. The van der Waals surface area contributed by atoms with Crippen molar-refractivity contribution in [3.63, 3.8) is 0 Å². The highest BCUT2D eigenvalue weighted by atomic mass is 32.1. The van der Waals surface area contributed by atoms with Crippen molar-refractivity contribution in [1.29, 1.82) is 0 Å². The largest absolute Gasteiger partial charge is 0.464 e. The van der Waals surface area contributed by atoms with Gasteiger partial charge in [0.25, 0.3) is 0 Å². The molecular formula is C18H18N2O3S. The van der Waals surface area contributed by atoms with E-state index in [1.807, 2.05) is 35.7 Å². The Morgan fingerprint density at radius 3 is 2.83 bits per heavy atom. The lowest BCUT2D eigenvalue weighted by molar-refractivity contribution is -0.116. The van der Waals surface area contributed by atoms with E-state index < -0.39 is 5.97 Å². The monoisotopic (exact) mass is 342 g/mol. The van der Waals surface area contributed by atoms with Crippen LogP contribution >= 0.6 is 11.3 Å². The van der Waals surface area contributed by atoms with Crippen molar-refractivity contribution >= 4 is 39.1 Å². The fourth-order valence-electron chi connectivity index (χ4n) is 2.62. The van der Waals surface area contributed by atoms with Crippen LogP contribution in [0.5, 0.6) is 0 Å². The minimum Gasteiger partial charge on any atom is -0.464 e. The molecule has 24 heavy (non-hydrogen) atoms. The lowest BCUT2D eigenvalue weighted by Crippen LogP contribution is -2.21. The van der Waals surface area contributed by atoms with Gasteiger partial charge in [-0.1, -0.05) is 19.1 Å². The van der Waals surface area contributed by atoms with Gasteiger partial charge >= 0.3 is 5.97 Å². The molecule has 1 aromatic carbocycles. The Labute approximate surface area is 143 Å². The van der Waals surface area contributed by atoms with Crippen LogP contribution < -0.4 is 5.32 Å². The number of carbonyl (C=O) groups is 2. The van der Waals surface area contributed by atoms with Crippen molar-refractivity contribution in [2.45, 2.75) is 19.9 Å². The number of esters is 1. The van der Waals surface area contributed by atoms with E-state index in [9.17, 15) is 9.59 Å². The van der Waals surface area contributed by atoms with Gasteiger partial charge in [-0.05, 0) is 41.6 Å². The topological polar surface area (TPSA) is 60.3 Å². The van der Waals surface area contributed by atoms with E-state index in [-0.39, 0.29) is 12.5 Å². The molecule has 2 heterocycles. The number of rotatable bonds is 5. The number of hydrogen-bond acceptors (Lipinski definition) is 4. The summed E-state index contributed by atoms with van der Waals surface area (Å²) in [6, 6.07) is 11.4. The van der Waals surface area contributed by atoms with Crippen molar-refractivity contribution in [1.82, 2.24) is 4.57 Å². The van der Waals surface area contributed by atoms with E-state index in [0.717, 1.165) is 27.9 Å². The molecule has 1 amide bonds. The lowest BCUT2D eigenvalue weighted by Gasteiger charge is -2.10. The zero-order valence-corrected chi connectivity index (χ0v) is 14.4. The van der Waals surface area contributed by atoms with E-state index in [0.29, 0.717) is 5.69 Å². The van der Waals surface area contributed by atoms with Crippen LogP contribution in [-0.2, 0) is 22.5 Å². The zero-order valence-electron chi connectivity index (χ0n) is 13.5. The second-order valence-electron chi connectivity index (χ2n) is 5.39. The Morgan fingerprint density at radius 2 is 2.08 bits per heavy atom. The first-order valence-electron chi connectivity index (χ1n) is 7.66. The maximum Gasteiger partial charge on any atom is 0.354 e. The average Bonchev–Trinajstić information content (AvgIpc) is 3.17. The number of ether oxygens (including phenoxy) is 1. The van der Waals surface area contributed by atoms with Crippen LogP contribution in [0.4, 0.5) is 5.69 Å². The molecule has 0 saturated carbocycles. The number of benzene rings is 1. The molecule has 0 unspecified atom stereocenters. The van der Waals surface area contributed by atoms with Gasteiger partial charge in [0, 0.05) is 11.1 Å². The van der Waals surface area contributed by atoms with Crippen LogP contribution in [0.25, 0.3) is 10.2 Å². The molecule has 0 spiro atoms. The smallest absolute Gasteiger partial charge is 0.354 e. The Balaban J connectivity index is 1.84. The van der Waals surface area contributed by atoms with Gasteiger partial charge in [0.1, 0.15) is 17.1 Å². The van der Waals surface area contributed by atoms with Gasteiger partial charge in [-0.2, -0.15) is 0 Å². The summed E-state index contributed by atoms with van der Waals surface area (Å²) < 4.78 is 6.52. The van der Waals surface area contributed by atoms with Crippen LogP contribution in [0.2, 0.25) is 0 Å². The van der Waals surface area contributed by atoms with Gasteiger partial charge in [-0.25, -0.2) is 4.79 Å². The van der Waals surface area contributed by atoms with Crippen LogP contribution in [0.15, 0.2) is 41.8 Å². The first-order valence-corrected chi connectivity index (χ1v) is 8.54. The summed E-state index contributed by atoms with van der Waals surface area (Å²) in [7, 11) is 1.34. The molecule has 2 aromatic heterocycles. The maximum absolute atomic E-state index is 12.4. The fraction of sp³-hybridized carbons (Fsp3) is 0.222. The Morgan fingerprint density at radius 1 is 1.25 bits per heavy atom. The molecular weight excluding hydrogens is 324 g/mol. The number of hydrogen-bond donors (Lipinski definition) is 1. The number of anilines is 1. The summed E-state index contributed by atoms with van der Waals surface area (Å²) in [5.74, 6) is -0.626. The van der Waals surface area contributed by atoms with Gasteiger partial charge in [-0.15, -0.1) is 11.3 Å². The highest BCUT2D eigenvalue weighted by molar-refractivity contribution is 7.16. The first kappa shape index (κ1) is 16.3. The first-order chi connectivity index (χ1) is 11.6. The molecule has 124 valence electrons. The molecule has 0 radical (unpaired) electrons. The molecule has 1 N–H and O–H groups in total. The van der Waals surface area contributed by atoms with E-state index in [4.69, 9.17) is 4.74 Å². The second-order valence-corrected chi connectivity index (χ2v) is 6.29. The summed E-state index contributed by atoms with van der Waals surface area (Å²) in [5.41, 5.74) is 2.30. The molecule has 3 rings (SSSR count). The SMILES string of the molecule is CCc1cccc(NC(=O)Cn2c(C(=O)OC)cc3ccsc32)c1. The van der Waals surface area contributed by atoms with Crippen LogP contribution in [0.3, 0.4) is 0 Å². The molecule has 0 saturated heterocycles. The highest BCUT2D eigenvalue weighted by Crippen LogP contribution is 2.26. The Hall–Kier alpha value is -2.60. The number of aryl methyl sites for hydroxylation is 1. The highest BCUT2D eigenvalue weighted by Gasteiger charge is 2.19. The van der Waals surface area contributed by atoms with Gasteiger partial charge in [0.2, 0.25) is 5.91 Å². The third-order valence-electron chi connectivity index (χ3n) is 3.82. The predicted molar refractivity (Wildman–Crippen MR) is 95.6 cm³/mol. The fourth-order valence-corrected chi connectivity index (χ4v) is 3.52. The number of fused-ring (bicyclic) bond motifs is 1. The molecule has 6 heteroatoms. The Bertz CT molecular complexity index is 895. The van der Waals surface area contributed by atoms with Crippen LogP contribution in [0, 0.1) is 0 Å².